The summed E-state index contributed by atoms with van der Waals surface area (Å²) in [4.78, 5) is 29.5. The highest BCUT2D eigenvalue weighted by molar-refractivity contribution is 6.41. The van der Waals surface area contributed by atoms with Gasteiger partial charge in [-0.25, -0.2) is 9.69 Å². The number of hydrogen-bond donors (Lipinski definition) is 1. The lowest BCUT2D eigenvalue weighted by Crippen LogP contribution is -2.34. The number of fused-ring (bicyclic) bond motifs is 1. The molecule has 0 radical (unpaired) electrons. The quantitative estimate of drug-likeness (QED) is 0.685. The van der Waals surface area contributed by atoms with Crippen LogP contribution in [0.4, 0.5) is 10.5 Å². The van der Waals surface area contributed by atoms with E-state index in [1.165, 1.54) is 7.11 Å². The molecule has 2 amide bonds. The van der Waals surface area contributed by atoms with Gasteiger partial charge in [-0.2, -0.15) is 0 Å². The van der Waals surface area contributed by atoms with E-state index in [0.717, 1.165) is 21.9 Å². The number of imide groups is 1. The molecule has 0 atom stereocenters. The Balaban J connectivity index is 1.98. The molecule has 25 heavy (non-hydrogen) atoms. The number of carbonyl (C=O) groups is 2. The van der Waals surface area contributed by atoms with Gasteiger partial charge in [0.15, 0.2) is 0 Å². The molecule has 0 aliphatic carbocycles. The van der Waals surface area contributed by atoms with E-state index in [4.69, 9.17) is 9.47 Å². The number of methoxy groups -OCH3 is 1. The Kier molecular flexibility index (Phi) is 4.72. The third-order valence-corrected chi connectivity index (χ3v) is 4.04. The molecule has 0 fully saturated rings. The number of amides is 2. The van der Waals surface area contributed by atoms with Crippen LogP contribution in [0.5, 0.6) is 0 Å². The summed E-state index contributed by atoms with van der Waals surface area (Å²) in [6, 6.07) is 9.20. The van der Waals surface area contributed by atoms with Crippen molar-refractivity contribution in [1.82, 2.24) is 4.98 Å². The van der Waals surface area contributed by atoms with Crippen molar-refractivity contribution < 1.29 is 19.1 Å². The van der Waals surface area contributed by atoms with E-state index in [9.17, 15) is 9.59 Å². The van der Waals surface area contributed by atoms with Crippen molar-refractivity contribution in [2.75, 3.05) is 25.2 Å². The number of nitrogens with one attached hydrogen (secondary N) is 1. The largest absolute Gasteiger partial charge is 0.446 e. The Morgan fingerprint density at radius 2 is 2.00 bits per heavy atom. The lowest BCUT2D eigenvalue weighted by molar-refractivity contribution is -0.112. The third-order valence-electron chi connectivity index (χ3n) is 4.04. The minimum atomic E-state index is -0.697. The maximum absolute atomic E-state index is 12.9. The molecule has 1 aliphatic rings. The smallest absolute Gasteiger partial charge is 0.421 e. The van der Waals surface area contributed by atoms with E-state index >= 15 is 0 Å². The number of ether oxygens (including phenoxy) is 2. The number of nitrogens with zero attached hydrogens (tertiary/aromatic N) is 1. The molecular formula is C19H20N2O4. The molecule has 1 aromatic carbocycles. The fourth-order valence-electron chi connectivity index (χ4n) is 2.88. The van der Waals surface area contributed by atoms with Crippen LogP contribution in [0.2, 0.25) is 0 Å². The number of para-hydroxylation sites is 1. The minimum Gasteiger partial charge on any atom is -0.446 e. The normalized spacial score (nSPS) is 14.9. The van der Waals surface area contributed by atoms with Crippen LogP contribution in [0.1, 0.15) is 22.5 Å². The summed E-state index contributed by atoms with van der Waals surface area (Å²) in [5, 5.41) is 0. The van der Waals surface area contributed by atoms with Crippen molar-refractivity contribution in [2.24, 2.45) is 0 Å². The van der Waals surface area contributed by atoms with Gasteiger partial charge in [0, 0.05) is 24.1 Å². The van der Waals surface area contributed by atoms with Crippen LogP contribution < -0.4 is 4.90 Å². The lowest BCUT2D eigenvalue weighted by atomic mass is 10.1. The molecule has 2 aromatic rings. The molecule has 0 saturated heterocycles. The molecular weight excluding hydrogens is 320 g/mol. The first kappa shape index (κ1) is 17.0. The standard InChI is InChI=1S/C19H20N2O4/c1-12-10-13(2)20-16(12)11-15-14-6-4-5-7-17(14)21(18(15)22)19(23)25-9-8-24-3/h4-7,10-11,20H,8-9H2,1-3H3/b15-11-. The SMILES string of the molecule is COCCOC(=O)N1C(=O)/C(=C\c2[nH]c(C)cc2C)c2ccccc21. The zero-order chi connectivity index (χ0) is 18.0. The van der Waals surface area contributed by atoms with Gasteiger partial charge < -0.3 is 14.5 Å². The van der Waals surface area contributed by atoms with Gasteiger partial charge in [0.1, 0.15) is 6.61 Å². The Labute approximate surface area is 146 Å². The summed E-state index contributed by atoms with van der Waals surface area (Å²) in [5.41, 5.74) is 4.61. The second-order valence-electron chi connectivity index (χ2n) is 5.87. The van der Waals surface area contributed by atoms with Gasteiger partial charge in [0.25, 0.3) is 5.91 Å². The van der Waals surface area contributed by atoms with Gasteiger partial charge in [0.2, 0.25) is 0 Å². The van der Waals surface area contributed by atoms with E-state index in [-0.39, 0.29) is 13.2 Å². The summed E-state index contributed by atoms with van der Waals surface area (Å²) >= 11 is 0. The number of carbonyl (C=O) groups excluding carboxylic acids is 2. The number of aromatic amines is 1. The van der Waals surface area contributed by atoms with Gasteiger partial charge in [-0.15, -0.1) is 0 Å². The highest BCUT2D eigenvalue weighted by Gasteiger charge is 2.37. The van der Waals surface area contributed by atoms with Crippen LogP contribution in [0.3, 0.4) is 0 Å². The van der Waals surface area contributed by atoms with Gasteiger partial charge in [0.05, 0.1) is 17.9 Å². The van der Waals surface area contributed by atoms with Crippen LogP contribution in [-0.2, 0) is 14.3 Å². The molecule has 0 saturated carbocycles. The first-order valence-electron chi connectivity index (χ1n) is 8.00. The fourth-order valence-corrected chi connectivity index (χ4v) is 2.88. The van der Waals surface area contributed by atoms with E-state index in [1.54, 1.807) is 18.2 Å². The maximum Gasteiger partial charge on any atom is 0.421 e. The van der Waals surface area contributed by atoms with Gasteiger partial charge in [-0.3, -0.25) is 4.79 Å². The molecule has 0 bridgehead atoms. The second-order valence-corrected chi connectivity index (χ2v) is 5.87. The summed E-state index contributed by atoms with van der Waals surface area (Å²) < 4.78 is 10.00. The van der Waals surface area contributed by atoms with E-state index in [2.05, 4.69) is 4.98 Å². The number of hydrogen-bond acceptors (Lipinski definition) is 4. The van der Waals surface area contributed by atoms with Gasteiger partial charge in [-0.05, 0) is 37.6 Å². The number of rotatable bonds is 4. The lowest BCUT2D eigenvalue weighted by Gasteiger charge is -2.14. The third kappa shape index (κ3) is 3.21. The summed E-state index contributed by atoms with van der Waals surface area (Å²) in [6.07, 6.45) is 1.09. The monoisotopic (exact) mass is 340 g/mol. The van der Waals surface area contributed by atoms with Crippen LogP contribution in [0.15, 0.2) is 30.3 Å². The summed E-state index contributed by atoms with van der Waals surface area (Å²) in [5.74, 6) is -0.393. The summed E-state index contributed by atoms with van der Waals surface area (Å²) in [7, 11) is 1.52. The number of anilines is 1. The Hall–Kier alpha value is -2.86. The molecule has 2 heterocycles. The van der Waals surface area contributed by atoms with Gasteiger partial charge in [-0.1, -0.05) is 18.2 Å². The first-order chi connectivity index (χ1) is 12.0. The van der Waals surface area contributed by atoms with Crippen LogP contribution >= 0.6 is 0 Å². The average Bonchev–Trinajstić information content (AvgIpc) is 3.05. The van der Waals surface area contributed by atoms with E-state index in [0.29, 0.717) is 16.8 Å². The Morgan fingerprint density at radius 3 is 2.68 bits per heavy atom. The van der Waals surface area contributed by atoms with Crippen molar-refractivity contribution in [3.8, 4) is 0 Å². The number of aromatic nitrogens is 1. The predicted molar refractivity (Wildman–Crippen MR) is 95.3 cm³/mol. The molecule has 130 valence electrons. The molecule has 3 rings (SSSR count). The van der Waals surface area contributed by atoms with Crippen molar-refractivity contribution in [1.29, 1.82) is 0 Å². The van der Waals surface area contributed by atoms with Crippen molar-refractivity contribution in [2.45, 2.75) is 13.8 Å². The fraction of sp³-hybridized carbons (Fsp3) is 0.263. The molecule has 0 spiro atoms. The van der Waals surface area contributed by atoms with Crippen LogP contribution in [0.25, 0.3) is 11.6 Å². The topological polar surface area (TPSA) is 71.6 Å². The first-order valence-corrected chi connectivity index (χ1v) is 8.00. The second kappa shape index (κ2) is 6.94. The number of aryl methyl sites for hydroxylation is 2. The maximum atomic E-state index is 12.9. The van der Waals surface area contributed by atoms with Crippen LogP contribution in [-0.4, -0.2) is 37.3 Å². The van der Waals surface area contributed by atoms with Crippen molar-refractivity contribution >= 4 is 29.3 Å². The Bertz CT molecular complexity index is 851. The molecule has 0 unspecified atom stereocenters. The van der Waals surface area contributed by atoms with Crippen molar-refractivity contribution in [3.63, 3.8) is 0 Å². The zero-order valence-corrected chi connectivity index (χ0v) is 14.5. The average molecular weight is 340 g/mol. The van der Waals surface area contributed by atoms with Gasteiger partial charge >= 0.3 is 6.09 Å². The van der Waals surface area contributed by atoms with E-state index < -0.39 is 12.0 Å². The predicted octanol–water partition coefficient (Wildman–Crippen LogP) is 3.30. The molecule has 6 heteroatoms. The minimum absolute atomic E-state index is 0.0925. The molecule has 1 aliphatic heterocycles. The number of benzene rings is 1. The van der Waals surface area contributed by atoms with Crippen LogP contribution in [0, 0.1) is 13.8 Å². The molecule has 1 N–H and O–H groups in total. The molecule has 1 aromatic heterocycles. The zero-order valence-electron chi connectivity index (χ0n) is 14.5. The summed E-state index contributed by atoms with van der Waals surface area (Å²) in [6.45, 7) is 4.30. The van der Waals surface area contributed by atoms with Crippen molar-refractivity contribution in [3.05, 3.63) is 52.8 Å². The van der Waals surface area contributed by atoms with E-state index in [1.807, 2.05) is 32.0 Å². The highest BCUT2D eigenvalue weighted by Crippen LogP contribution is 2.38. The number of H-pyrrole nitrogens is 1. The Morgan fingerprint density at radius 1 is 1.24 bits per heavy atom. The highest BCUT2D eigenvalue weighted by atomic mass is 16.6. The molecule has 6 nitrogen and oxygen atoms in total.